The third-order valence-corrected chi connectivity index (χ3v) is 2.34. The van der Waals surface area contributed by atoms with Crippen LogP contribution < -0.4 is 5.56 Å². The molecule has 8 heteroatoms. The zero-order valence-corrected chi connectivity index (χ0v) is 8.99. The average molecular weight is 271 g/mol. The average Bonchev–Trinajstić information content (AvgIpc) is 2.12. The summed E-state index contributed by atoms with van der Waals surface area (Å²) in [6.45, 7) is -0.420. The monoisotopic (exact) mass is 270 g/mol. The van der Waals surface area contributed by atoms with Crippen molar-refractivity contribution in [1.29, 1.82) is 5.26 Å². The molecule has 1 aromatic rings. The lowest BCUT2D eigenvalue weighted by Crippen LogP contribution is -2.24. The highest BCUT2D eigenvalue weighted by atomic mass is 35.5. The Bertz CT molecular complexity index is 516. The summed E-state index contributed by atoms with van der Waals surface area (Å²) < 4.78 is 38.0. The predicted molar refractivity (Wildman–Crippen MR) is 51.3 cm³/mol. The van der Waals surface area contributed by atoms with Gasteiger partial charge in [0.15, 0.2) is 0 Å². The number of rotatable bonds is 1. The molecule has 0 amide bonds. The summed E-state index contributed by atoms with van der Waals surface area (Å²) in [5.41, 5.74) is -2.48. The van der Waals surface area contributed by atoms with Gasteiger partial charge in [-0.3, -0.25) is 9.36 Å². The summed E-state index contributed by atoms with van der Waals surface area (Å²) in [7, 11) is 0. The maximum absolute atomic E-state index is 12.4. The van der Waals surface area contributed by atoms with E-state index in [2.05, 4.69) is 0 Å². The van der Waals surface area contributed by atoms with Gasteiger partial charge in [-0.15, -0.1) is 0 Å². The standard InChI is InChI=1S/C8H3Cl2F3N2O/c9-4-3-15(2-1-14)7(16)6(10)5(4)8(11,12)13/h3H,2H2. The minimum atomic E-state index is -4.81. The van der Waals surface area contributed by atoms with Crippen LogP contribution in [-0.2, 0) is 12.7 Å². The second kappa shape index (κ2) is 4.36. The van der Waals surface area contributed by atoms with Gasteiger partial charge in [0.05, 0.1) is 16.7 Å². The summed E-state index contributed by atoms with van der Waals surface area (Å²) in [4.78, 5) is 11.3. The molecular formula is C8H3Cl2F3N2O. The maximum Gasteiger partial charge on any atom is 0.419 e. The van der Waals surface area contributed by atoms with Gasteiger partial charge >= 0.3 is 6.18 Å². The van der Waals surface area contributed by atoms with Crippen molar-refractivity contribution >= 4 is 23.2 Å². The maximum atomic E-state index is 12.4. The number of pyridine rings is 1. The van der Waals surface area contributed by atoms with Crippen molar-refractivity contribution in [2.75, 3.05) is 0 Å². The summed E-state index contributed by atoms with van der Waals surface area (Å²) in [6.07, 6.45) is -4.07. The molecule has 0 saturated carbocycles. The molecule has 1 heterocycles. The Morgan fingerprint density at radius 2 is 2.00 bits per heavy atom. The minimum Gasteiger partial charge on any atom is -0.299 e. The number of aromatic nitrogens is 1. The highest BCUT2D eigenvalue weighted by molar-refractivity contribution is 6.35. The predicted octanol–water partition coefficient (Wildman–Crippen LogP) is 2.70. The van der Waals surface area contributed by atoms with Crippen molar-refractivity contribution in [3.05, 3.63) is 32.2 Å². The van der Waals surface area contributed by atoms with E-state index < -0.39 is 33.9 Å². The van der Waals surface area contributed by atoms with E-state index in [0.29, 0.717) is 4.57 Å². The number of hydrogen-bond donors (Lipinski definition) is 0. The van der Waals surface area contributed by atoms with E-state index in [1.54, 1.807) is 6.07 Å². The molecule has 3 nitrogen and oxygen atoms in total. The molecule has 0 aliphatic rings. The van der Waals surface area contributed by atoms with Crippen molar-refractivity contribution in [3.63, 3.8) is 0 Å². The lowest BCUT2D eigenvalue weighted by molar-refractivity contribution is -0.137. The van der Waals surface area contributed by atoms with Crippen LogP contribution in [0.2, 0.25) is 10.0 Å². The molecule has 0 fully saturated rings. The Morgan fingerprint density at radius 1 is 1.44 bits per heavy atom. The molecule has 0 aliphatic heterocycles. The molecule has 16 heavy (non-hydrogen) atoms. The summed E-state index contributed by atoms with van der Waals surface area (Å²) >= 11 is 10.6. The topological polar surface area (TPSA) is 45.8 Å². The molecule has 0 unspecified atom stereocenters. The molecule has 0 saturated heterocycles. The van der Waals surface area contributed by atoms with Crippen LogP contribution in [0.4, 0.5) is 13.2 Å². The first-order chi connectivity index (χ1) is 7.29. The fraction of sp³-hybridized carbons (Fsp3) is 0.250. The van der Waals surface area contributed by atoms with Crippen LogP contribution in [0.5, 0.6) is 0 Å². The van der Waals surface area contributed by atoms with Gasteiger partial charge in [0.2, 0.25) is 0 Å². The Labute approximate surface area is 97.6 Å². The van der Waals surface area contributed by atoms with E-state index in [4.69, 9.17) is 28.5 Å². The number of nitrogens with zero attached hydrogens (tertiary/aromatic N) is 2. The zero-order chi connectivity index (χ0) is 12.5. The van der Waals surface area contributed by atoms with Gasteiger partial charge in [0, 0.05) is 6.20 Å². The van der Waals surface area contributed by atoms with Crippen molar-refractivity contribution < 1.29 is 13.2 Å². The number of alkyl halides is 3. The molecule has 0 radical (unpaired) electrons. The largest absolute Gasteiger partial charge is 0.419 e. The molecule has 0 bridgehead atoms. The number of hydrogen-bond acceptors (Lipinski definition) is 2. The molecule has 0 aliphatic carbocycles. The minimum absolute atomic E-state index is 0.420. The van der Waals surface area contributed by atoms with Gasteiger partial charge < -0.3 is 0 Å². The van der Waals surface area contributed by atoms with E-state index in [0.717, 1.165) is 6.20 Å². The van der Waals surface area contributed by atoms with Crippen molar-refractivity contribution in [2.24, 2.45) is 0 Å². The third kappa shape index (κ3) is 2.31. The zero-order valence-electron chi connectivity index (χ0n) is 7.48. The molecule has 1 rings (SSSR count). The van der Waals surface area contributed by atoms with Gasteiger partial charge in [-0.1, -0.05) is 23.2 Å². The first-order valence-electron chi connectivity index (χ1n) is 3.81. The first-order valence-corrected chi connectivity index (χ1v) is 4.57. The van der Waals surface area contributed by atoms with Gasteiger partial charge in [-0.05, 0) is 0 Å². The number of halogens is 5. The van der Waals surface area contributed by atoms with Gasteiger partial charge in [0.1, 0.15) is 11.6 Å². The van der Waals surface area contributed by atoms with Crippen LogP contribution in [0, 0.1) is 11.3 Å². The van der Waals surface area contributed by atoms with E-state index in [-0.39, 0.29) is 0 Å². The van der Waals surface area contributed by atoms with Crippen molar-refractivity contribution in [2.45, 2.75) is 12.7 Å². The quantitative estimate of drug-likeness (QED) is 0.788. The Hall–Kier alpha value is -1.19. The lowest BCUT2D eigenvalue weighted by atomic mass is 10.2. The van der Waals surface area contributed by atoms with Crippen molar-refractivity contribution in [3.8, 4) is 6.07 Å². The van der Waals surface area contributed by atoms with Gasteiger partial charge in [0.25, 0.3) is 5.56 Å². The van der Waals surface area contributed by atoms with E-state index in [1.807, 2.05) is 0 Å². The van der Waals surface area contributed by atoms with Crippen molar-refractivity contribution in [1.82, 2.24) is 4.57 Å². The Kier molecular flexibility index (Phi) is 3.51. The second-order valence-electron chi connectivity index (χ2n) is 2.75. The van der Waals surface area contributed by atoms with E-state index in [9.17, 15) is 18.0 Å². The molecule has 86 valence electrons. The normalized spacial score (nSPS) is 11.2. The molecular weight excluding hydrogens is 268 g/mol. The van der Waals surface area contributed by atoms with E-state index in [1.165, 1.54) is 0 Å². The summed E-state index contributed by atoms with van der Waals surface area (Å²) in [6, 6.07) is 1.60. The first kappa shape index (κ1) is 12.9. The third-order valence-electron chi connectivity index (χ3n) is 1.70. The lowest BCUT2D eigenvalue weighted by Gasteiger charge is -2.12. The van der Waals surface area contributed by atoms with Crippen LogP contribution >= 0.6 is 23.2 Å². The number of nitriles is 1. The fourth-order valence-electron chi connectivity index (χ4n) is 1.05. The van der Waals surface area contributed by atoms with Crippen LogP contribution in [-0.4, -0.2) is 4.57 Å². The van der Waals surface area contributed by atoms with E-state index >= 15 is 0 Å². The SMILES string of the molecule is N#CCn1cc(Cl)c(C(F)(F)F)c(Cl)c1=O. The molecule has 0 N–H and O–H groups in total. The van der Waals surface area contributed by atoms with Crippen LogP contribution in [0.1, 0.15) is 5.56 Å². The Morgan fingerprint density at radius 3 is 2.44 bits per heavy atom. The smallest absolute Gasteiger partial charge is 0.299 e. The van der Waals surface area contributed by atoms with Crippen LogP contribution in [0.25, 0.3) is 0 Å². The fourth-order valence-corrected chi connectivity index (χ4v) is 1.74. The van der Waals surface area contributed by atoms with Crippen LogP contribution in [0.15, 0.2) is 11.0 Å². The molecule has 0 spiro atoms. The molecule has 0 atom stereocenters. The second-order valence-corrected chi connectivity index (χ2v) is 3.54. The molecule has 1 aromatic heterocycles. The highest BCUT2D eigenvalue weighted by Gasteiger charge is 2.37. The molecule has 0 aromatic carbocycles. The highest BCUT2D eigenvalue weighted by Crippen LogP contribution is 2.37. The Balaban J connectivity index is 3.54. The van der Waals surface area contributed by atoms with Gasteiger partial charge in [-0.25, -0.2) is 0 Å². The summed E-state index contributed by atoms with van der Waals surface area (Å²) in [5.74, 6) is 0. The van der Waals surface area contributed by atoms with Gasteiger partial charge in [-0.2, -0.15) is 18.4 Å². The van der Waals surface area contributed by atoms with Crippen LogP contribution in [0.3, 0.4) is 0 Å². The summed E-state index contributed by atoms with van der Waals surface area (Å²) in [5, 5.41) is 6.59.